The zero-order valence-electron chi connectivity index (χ0n) is 30.5. The van der Waals surface area contributed by atoms with Crippen molar-refractivity contribution in [3.63, 3.8) is 0 Å². The molecule has 10 rings (SSSR count). The van der Waals surface area contributed by atoms with E-state index < -0.39 is 0 Å². The van der Waals surface area contributed by atoms with Crippen molar-refractivity contribution in [2.24, 2.45) is 0 Å². The highest BCUT2D eigenvalue weighted by molar-refractivity contribution is 6.14. The lowest BCUT2D eigenvalue weighted by atomic mass is 9.92. The second-order valence-electron chi connectivity index (χ2n) is 14.0. The summed E-state index contributed by atoms with van der Waals surface area (Å²) < 4.78 is 0. The molecule has 0 aliphatic rings. The van der Waals surface area contributed by atoms with Gasteiger partial charge in [0.2, 0.25) is 0 Å². The molecule has 0 fully saturated rings. The molecule has 0 atom stereocenters. The number of benzene rings is 8. The number of fused-ring (bicyclic) bond motifs is 3. The Labute approximate surface area is 326 Å². The fourth-order valence-electron chi connectivity index (χ4n) is 7.65. The van der Waals surface area contributed by atoms with E-state index in [-0.39, 0.29) is 0 Å². The third kappa shape index (κ3) is 6.42. The monoisotopic (exact) mass is 713 g/mol. The maximum absolute atomic E-state index is 5.17. The van der Waals surface area contributed by atoms with Crippen molar-refractivity contribution in [2.45, 2.75) is 0 Å². The first-order valence-electron chi connectivity index (χ1n) is 18.9. The summed E-state index contributed by atoms with van der Waals surface area (Å²) in [6, 6.07) is 74.5. The lowest BCUT2D eigenvalue weighted by Crippen LogP contribution is -1.96. The molecule has 0 amide bonds. The van der Waals surface area contributed by atoms with Gasteiger partial charge in [-0.05, 0) is 80.6 Å². The van der Waals surface area contributed by atoms with Crippen molar-refractivity contribution >= 4 is 21.7 Å². The summed E-state index contributed by atoms with van der Waals surface area (Å²) in [5, 5.41) is 3.51. The van der Waals surface area contributed by atoms with Crippen LogP contribution in [0.2, 0.25) is 0 Å². The second kappa shape index (κ2) is 14.4. The van der Waals surface area contributed by atoms with Crippen molar-refractivity contribution in [1.82, 2.24) is 15.0 Å². The Balaban J connectivity index is 1.08. The first kappa shape index (κ1) is 33.1. The van der Waals surface area contributed by atoms with Gasteiger partial charge in [0.1, 0.15) is 0 Å². The van der Waals surface area contributed by atoms with Crippen LogP contribution in [0.25, 0.3) is 100 Å². The molecule has 0 saturated carbocycles. The fourth-order valence-corrected chi connectivity index (χ4v) is 7.65. The molecule has 0 spiro atoms. The molecule has 3 nitrogen and oxygen atoms in total. The Bertz CT molecular complexity index is 3000. The molecule has 10 aromatic rings. The Morgan fingerprint density at radius 2 is 0.750 bits per heavy atom. The Morgan fingerprint density at radius 3 is 1.38 bits per heavy atom. The highest BCUT2D eigenvalue weighted by Crippen LogP contribution is 2.39. The van der Waals surface area contributed by atoms with Crippen LogP contribution >= 0.6 is 0 Å². The molecule has 0 N–H and O–H groups in total. The van der Waals surface area contributed by atoms with E-state index in [4.69, 9.17) is 15.0 Å². The van der Waals surface area contributed by atoms with E-state index in [1.54, 1.807) is 0 Å². The minimum absolute atomic E-state index is 0.699. The smallest absolute Gasteiger partial charge is 0.160 e. The van der Waals surface area contributed by atoms with Crippen LogP contribution in [-0.4, -0.2) is 15.0 Å². The minimum atomic E-state index is 0.699. The molecule has 0 saturated heterocycles. The highest BCUT2D eigenvalue weighted by atomic mass is 14.9. The molecule has 262 valence electrons. The zero-order chi connectivity index (χ0) is 37.3. The average Bonchev–Trinajstić information content (AvgIpc) is 3.29. The predicted octanol–water partition coefficient (Wildman–Crippen LogP) is 13.8. The van der Waals surface area contributed by atoms with Gasteiger partial charge in [0.25, 0.3) is 0 Å². The maximum atomic E-state index is 5.17. The van der Waals surface area contributed by atoms with Gasteiger partial charge in [0.05, 0.1) is 22.6 Å². The van der Waals surface area contributed by atoms with Crippen LogP contribution in [0.3, 0.4) is 0 Å². The average molecular weight is 714 g/mol. The van der Waals surface area contributed by atoms with Gasteiger partial charge in [0, 0.05) is 27.6 Å². The molecule has 0 aliphatic carbocycles. The van der Waals surface area contributed by atoms with Gasteiger partial charge < -0.3 is 0 Å². The summed E-state index contributed by atoms with van der Waals surface area (Å²) in [4.78, 5) is 15.4. The quantitative estimate of drug-likeness (QED) is 0.154. The summed E-state index contributed by atoms with van der Waals surface area (Å²) in [5.74, 6) is 0.699. The fraction of sp³-hybridized carbons (Fsp3) is 0. The van der Waals surface area contributed by atoms with Crippen LogP contribution in [0.1, 0.15) is 0 Å². The molecule has 3 heteroatoms. The SMILES string of the molecule is c1ccc(-c2cccc(-c3cc(-c4cccc(-c5ccc6c(ccc7nc(-c8ccccc8)cc(-c8ccccc8)c76)c5)c4)nc(-c4ccccc4)n3)c2)cc1. The molecule has 2 aromatic heterocycles. The molecule has 2 heterocycles. The van der Waals surface area contributed by atoms with Gasteiger partial charge in [-0.3, -0.25) is 0 Å². The van der Waals surface area contributed by atoms with Crippen LogP contribution < -0.4 is 0 Å². The van der Waals surface area contributed by atoms with E-state index in [2.05, 4.69) is 182 Å². The molecule has 8 aromatic carbocycles. The van der Waals surface area contributed by atoms with Crippen LogP contribution in [-0.2, 0) is 0 Å². The number of aromatic nitrogens is 3. The van der Waals surface area contributed by atoms with Crippen molar-refractivity contribution in [3.05, 3.63) is 212 Å². The summed E-state index contributed by atoms with van der Waals surface area (Å²) in [6.45, 7) is 0. The van der Waals surface area contributed by atoms with E-state index in [1.807, 2.05) is 30.3 Å². The van der Waals surface area contributed by atoms with Gasteiger partial charge in [0.15, 0.2) is 5.82 Å². The molecular formula is C53H35N3. The molecule has 0 unspecified atom stereocenters. The molecule has 0 bridgehead atoms. The van der Waals surface area contributed by atoms with Crippen molar-refractivity contribution < 1.29 is 0 Å². The topological polar surface area (TPSA) is 38.7 Å². The number of nitrogens with zero attached hydrogens (tertiary/aromatic N) is 3. The summed E-state index contributed by atoms with van der Waals surface area (Å²) >= 11 is 0. The van der Waals surface area contributed by atoms with E-state index in [0.29, 0.717) is 5.82 Å². The zero-order valence-corrected chi connectivity index (χ0v) is 30.5. The van der Waals surface area contributed by atoms with Gasteiger partial charge >= 0.3 is 0 Å². The Kier molecular flexibility index (Phi) is 8.51. The summed E-state index contributed by atoms with van der Waals surface area (Å²) in [6.07, 6.45) is 0. The van der Waals surface area contributed by atoms with Gasteiger partial charge in [-0.1, -0.05) is 176 Å². The highest BCUT2D eigenvalue weighted by Gasteiger charge is 2.15. The van der Waals surface area contributed by atoms with E-state index in [9.17, 15) is 0 Å². The molecular weight excluding hydrogens is 679 g/mol. The van der Waals surface area contributed by atoms with Gasteiger partial charge in [-0.25, -0.2) is 15.0 Å². The number of hydrogen-bond donors (Lipinski definition) is 0. The van der Waals surface area contributed by atoms with Crippen LogP contribution in [0, 0.1) is 0 Å². The van der Waals surface area contributed by atoms with Crippen LogP contribution in [0.15, 0.2) is 212 Å². The van der Waals surface area contributed by atoms with Crippen LogP contribution in [0.4, 0.5) is 0 Å². The Morgan fingerprint density at radius 1 is 0.268 bits per heavy atom. The third-order valence-corrected chi connectivity index (χ3v) is 10.5. The largest absolute Gasteiger partial charge is 0.248 e. The maximum Gasteiger partial charge on any atom is 0.160 e. The number of hydrogen-bond acceptors (Lipinski definition) is 3. The normalized spacial score (nSPS) is 11.2. The molecule has 56 heavy (non-hydrogen) atoms. The lowest BCUT2D eigenvalue weighted by molar-refractivity contribution is 1.18. The molecule has 0 radical (unpaired) electrons. The lowest BCUT2D eigenvalue weighted by Gasteiger charge is -2.14. The van der Waals surface area contributed by atoms with Gasteiger partial charge in [-0.15, -0.1) is 0 Å². The van der Waals surface area contributed by atoms with Crippen molar-refractivity contribution in [1.29, 1.82) is 0 Å². The van der Waals surface area contributed by atoms with E-state index >= 15 is 0 Å². The predicted molar refractivity (Wildman–Crippen MR) is 233 cm³/mol. The van der Waals surface area contributed by atoms with E-state index in [0.717, 1.165) is 66.9 Å². The first-order chi connectivity index (χ1) is 27.7. The summed E-state index contributed by atoms with van der Waals surface area (Å²) in [5.41, 5.74) is 14.8. The van der Waals surface area contributed by atoms with E-state index in [1.165, 1.54) is 27.5 Å². The number of rotatable bonds is 7. The summed E-state index contributed by atoms with van der Waals surface area (Å²) in [7, 11) is 0. The third-order valence-electron chi connectivity index (χ3n) is 10.5. The van der Waals surface area contributed by atoms with Gasteiger partial charge in [-0.2, -0.15) is 0 Å². The molecule has 0 aliphatic heterocycles. The Hall–Kier alpha value is -7.49. The van der Waals surface area contributed by atoms with Crippen LogP contribution in [0.5, 0.6) is 0 Å². The van der Waals surface area contributed by atoms with Crippen molar-refractivity contribution in [2.75, 3.05) is 0 Å². The second-order valence-corrected chi connectivity index (χ2v) is 14.0. The number of pyridine rings is 1. The minimum Gasteiger partial charge on any atom is -0.248 e. The standard InChI is InChI=1S/C53H35N3/c1-5-15-36(16-6-1)40-23-13-25-44(32-40)50-35-51(56-53(55-50)39-21-11-4-12-22-39)45-26-14-24-41(33-45)42-27-29-46-43(31-42)28-30-48-52(46)47(37-17-7-2-8-18-37)34-49(54-48)38-19-9-3-10-20-38/h1-35H. The first-order valence-corrected chi connectivity index (χ1v) is 18.9. The van der Waals surface area contributed by atoms with Crippen molar-refractivity contribution in [3.8, 4) is 78.5 Å².